The zero-order valence-electron chi connectivity index (χ0n) is 13.7. The zero-order chi connectivity index (χ0) is 16.3. The van der Waals surface area contributed by atoms with E-state index in [0.29, 0.717) is 30.7 Å². The first kappa shape index (κ1) is 14.4. The Bertz CT molecular complexity index is 679. The Kier molecular flexibility index (Phi) is 3.18. The Hall–Kier alpha value is -1.92. The number of likely N-dealkylation sites (tertiary alicyclic amines) is 2. The number of carbonyl (C=O) groups excluding carboxylic acids is 2. The van der Waals surface area contributed by atoms with E-state index in [9.17, 15) is 9.59 Å². The largest absolute Gasteiger partial charge is 0.339 e. The van der Waals surface area contributed by atoms with E-state index in [1.165, 1.54) is 0 Å². The van der Waals surface area contributed by atoms with Gasteiger partial charge in [-0.15, -0.1) is 0 Å². The second-order valence-electron chi connectivity index (χ2n) is 7.63. The van der Waals surface area contributed by atoms with E-state index in [1.807, 2.05) is 9.80 Å². The van der Waals surface area contributed by atoms with Crippen LogP contribution in [0.25, 0.3) is 0 Å². The minimum atomic E-state index is -0.200. The molecule has 7 heteroatoms. The number of carbonyl (C=O) groups is 2. The third kappa shape index (κ3) is 2.41. The van der Waals surface area contributed by atoms with Gasteiger partial charge in [0.15, 0.2) is 5.82 Å². The van der Waals surface area contributed by atoms with Crippen LogP contribution in [0.4, 0.5) is 0 Å². The molecule has 2 amide bonds. The van der Waals surface area contributed by atoms with Gasteiger partial charge in [0, 0.05) is 31.5 Å². The molecular weight excluding hydrogens is 308 g/mol. The van der Waals surface area contributed by atoms with Gasteiger partial charge in [-0.05, 0) is 38.5 Å². The molecule has 3 heterocycles. The zero-order valence-corrected chi connectivity index (χ0v) is 13.7. The van der Waals surface area contributed by atoms with Crippen LogP contribution in [-0.4, -0.2) is 50.9 Å². The van der Waals surface area contributed by atoms with Gasteiger partial charge >= 0.3 is 0 Å². The summed E-state index contributed by atoms with van der Waals surface area (Å²) in [6.45, 7) is 1.32. The number of amides is 2. The average molecular weight is 330 g/mol. The molecular formula is C17H22N4O3. The molecule has 0 radical (unpaired) electrons. The molecule has 2 aliphatic carbocycles. The van der Waals surface area contributed by atoms with Crippen molar-refractivity contribution in [1.29, 1.82) is 0 Å². The summed E-state index contributed by atoms with van der Waals surface area (Å²) in [6, 6.07) is 0.307. The fraction of sp³-hybridized carbons (Fsp3) is 0.765. The molecule has 5 rings (SSSR count). The third-order valence-corrected chi connectivity index (χ3v) is 5.71. The van der Waals surface area contributed by atoms with Crippen LogP contribution in [0.15, 0.2) is 4.52 Å². The van der Waals surface area contributed by atoms with Gasteiger partial charge in [-0.3, -0.25) is 9.59 Å². The van der Waals surface area contributed by atoms with E-state index in [1.54, 1.807) is 0 Å². The molecule has 0 unspecified atom stereocenters. The second-order valence-corrected chi connectivity index (χ2v) is 7.63. The van der Waals surface area contributed by atoms with E-state index in [-0.39, 0.29) is 23.8 Å². The Labute approximate surface area is 140 Å². The van der Waals surface area contributed by atoms with E-state index in [4.69, 9.17) is 4.52 Å². The highest BCUT2D eigenvalue weighted by atomic mass is 16.5. The van der Waals surface area contributed by atoms with Gasteiger partial charge in [0.2, 0.25) is 17.7 Å². The lowest BCUT2D eigenvalue weighted by atomic mass is 10.1. The lowest BCUT2D eigenvalue weighted by Gasteiger charge is -2.25. The summed E-state index contributed by atoms with van der Waals surface area (Å²) >= 11 is 0. The maximum atomic E-state index is 13.0. The van der Waals surface area contributed by atoms with Gasteiger partial charge in [0.05, 0.1) is 12.0 Å². The highest BCUT2D eigenvalue weighted by Gasteiger charge is 2.45. The van der Waals surface area contributed by atoms with Gasteiger partial charge < -0.3 is 14.3 Å². The van der Waals surface area contributed by atoms with Crippen molar-refractivity contribution in [3.8, 4) is 0 Å². The topological polar surface area (TPSA) is 79.5 Å². The predicted molar refractivity (Wildman–Crippen MR) is 82.8 cm³/mol. The Morgan fingerprint density at radius 1 is 1.17 bits per heavy atom. The van der Waals surface area contributed by atoms with Crippen molar-refractivity contribution in [3.05, 3.63) is 11.7 Å². The van der Waals surface area contributed by atoms with Crippen molar-refractivity contribution < 1.29 is 14.1 Å². The Morgan fingerprint density at radius 2 is 2.00 bits per heavy atom. The van der Waals surface area contributed by atoms with Crippen molar-refractivity contribution in [2.45, 2.75) is 62.9 Å². The van der Waals surface area contributed by atoms with Crippen LogP contribution in [0.3, 0.4) is 0 Å². The molecule has 0 aromatic carbocycles. The van der Waals surface area contributed by atoms with Crippen LogP contribution in [0, 0.1) is 5.92 Å². The fourth-order valence-electron chi connectivity index (χ4n) is 4.05. The van der Waals surface area contributed by atoms with Crippen molar-refractivity contribution in [3.63, 3.8) is 0 Å². The quantitative estimate of drug-likeness (QED) is 0.838. The highest BCUT2D eigenvalue weighted by Crippen LogP contribution is 2.41. The maximum Gasteiger partial charge on any atom is 0.229 e. The minimum Gasteiger partial charge on any atom is -0.339 e. The van der Waals surface area contributed by atoms with E-state index in [0.717, 1.165) is 51.0 Å². The molecule has 24 heavy (non-hydrogen) atoms. The molecule has 0 bridgehead atoms. The van der Waals surface area contributed by atoms with Crippen molar-refractivity contribution >= 4 is 11.8 Å². The number of aromatic nitrogens is 2. The Balaban J connectivity index is 1.31. The average Bonchev–Trinajstić information content (AvgIpc) is 3.47. The standard InChI is InChI=1S/C17H22N4O3/c22-14-8-11(9-21(14)12-5-6-12)17(23)20-7-1-2-13(20)15-18-16(24-19-15)10-3-4-10/h10-13H,1-9H2/t11-,13+/m1/s1. The van der Waals surface area contributed by atoms with Crippen LogP contribution < -0.4 is 0 Å². The van der Waals surface area contributed by atoms with Crippen LogP contribution in [0.1, 0.15) is 68.6 Å². The molecule has 128 valence electrons. The first-order valence-corrected chi connectivity index (χ1v) is 9.14. The number of hydrogen-bond acceptors (Lipinski definition) is 5. The van der Waals surface area contributed by atoms with E-state index >= 15 is 0 Å². The van der Waals surface area contributed by atoms with Gasteiger partial charge in [0.25, 0.3) is 0 Å². The lowest BCUT2D eigenvalue weighted by molar-refractivity contribution is -0.136. The summed E-state index contributed by atoms with van der Waals surface area (Å²) in [6.07, 6.45) is 6.61. The molecule has 2 saturated carbocycles. The predicted octanol–water partition coefficient (Wildman–Crippen LogP) is 1.62. The summed E-state index contributed by atoms with van der Waals surface area (Å²) in [5.41, 5.74) is 0. The molecule has 7 nitrogen and oxygen atoms in total. The van der Waals surface area contributed by atoms with Gasteiger partial charge in [0.1, 0.15) is 0 Å². The third-order valence-electron chi connectivity index (χ3n) is 5.71. The van der Waals surface area contributed by atoms with Crippen molar-refractivity contribution in [2.24, 2.45) is 5.92 Å². The van der Waals surface area contributed by atoms with Crippen LogP contribution >= 0.6 is 0 Å². The smallest absolute Gasteiger partial charge is 0.229 e. The molecule has 0 N–H and O–H groups in total. The molecule has 4 fully saturated rings. The normalized spacial score (nSPS) is 30.4. The Morgan fingerprint density at radius 3 is 2.75 bits per heavy atom. The number of nitrogens with zero attached hydrogens (tertiary/aromatic N) is 4. The van der Waals surface area contributed by atoms with Crippen molar-refractivity contribution in [2.75, 3.05) is 13.1 Å². The summed E-state index contributed by atoms with van der Waals surface area (Å²) < 4.78 is 5.37. The first-order chi connectivity index (χ1) is 11.7. The molecule has 4 aliphatic rings. The molecule has 1 aromatic heterocycles. The summed E-state index contributed by atoms with van der Waals surface area (Å²) in [5, 5.41) is 4.13. The van der Waals surface area contributed by atoms with E-state index in [2.05, 4.69) is 10.1 Å². The van der Waals surface area contributed by atoms with Crippen LogP contribution in [-0.2, 0) is 9.59 Å². The lowest BCUT2D eigenvalue weighted by Crippen LogP contribution is -2.37. The second kappa shape index (κ2) is 5.29. The SMILES string of the molecule is O=C1C[C@@H](C(=O)N2CCC[C@H]2c2noc(C3CC3)n2)CN1C1CC1. The molecule has 0 spiro atoms. The first-order valence-electron chi connectivity index (χ1n) is 9.14. The fourth-order valence-corrected chi connectivity index (χ4v) is 4.05. The number of rotatable bonds is 4. The summed E-state index contributed by atoms with van der Waals surface area (Å²) in [5.74, 6) is 1.82. The van der Waals surface area contributed by atoms with Crippen LogP contribution in [0.5, 0.6) is 0 Å². The van der Waals surface area contributed by atoms with Gasteiger partial charge in [-0.25, -0.2) is 0 Å². The van der Waals surface area contributed by atoms with E-state index < -0.39 is 0 Å². The molecule has 2 atom stereocenters. The minimum absolute atomic E-state index is 0.0844. The molecule has 2 saturated heterocycles. The number of hydrogen-bond donors (Lipinski definition) is 0. The van der Waals surface area contributed by atoms with Gasteiger partial charge in [-0.1, -0.05) is 5.16 Å². The summed E-state index contributed by atoms with van der Waals surface area (Å²) in [7, 11) is 0. The molecule has 2 aliphatic heterocycles. The summed E-state index contributed by atoms with van der Waals surface area (Å²) in [4.78, 5) is 33.4. The highest BCUT2D eigenvalue weighted by molar-refractivity contribution is 5.89. The monoisotopic (exact) mass is 330 g/mol. The molecule has 1 aromatic rings. The maximum absolute atomic E-state index is 13.0. The van der Waals surface area contributed by atoms with Crippen molar-refractivity contribution in [1.82, 2.24) is 19.9 Å². The van der Waals surface area contributed by atoms with Gasteiger partial charge in [-0.2, -0.15) is 4.98 Å². The van der Waals surface area contributed by atoms with Crippen LogP contribution in [0.2, 0.25) is 0 Å².